The zero-order chi connectivity index (χ0) is 22.5. The van der Waals surface area contributed by atoms with Crippen LogP contribution < -0.4 is 0 Å². The van der Waals surface area contributed by atoms with Crippen molar-refractivity contribution in [1.29, 1.82) is 0 Å². The van der Waals surface area contributed by atoms with Gasteiger partial charge in [-0.05, 0) is 39.2 Å². The smallest absolute Gasteiger partial charge is 0.417 e. The van der Waals surface area contributed by atoms with Crippen LogP contribution in [0.1, 0.15) is 39.2 Å². The molecule has 0 spiro atoms. The van der Waals surface area contributed by atoms with Gasteiger partial charge in [0, 0.05) is 11.5 Å². The number of carbonyl (C=O) groups excluding carboxylic acids is 4. The quantitative estimate of drug-likeness (QED) is 0.398. The maximum absolute atomic E-state index is 12.9. The van der Waals surface area contributed by atoms with Crippen molar-refractivity contribution in [2.24, 2.45) is 5.92 Å². The van der Waals surface area contributed by atoms with Crippen LogP contribution in [-0.2, 0) is 35.2 Å². The number of benzene rings is 1. The first-order valence-electron chi connectivity index (χ1n) is 9.56. The highest BCUT2D eigenvalue weighted by molar-refractivity contribution is 6.01. The summed E-state index contributed by atoms with van der Waals surface area (Å²) in [5.74, 6) is -2.78. The fourth-order valence-corrected chi connectivity index (χ4v) is 3.08. The Morgan fingerprint density at radius 2 is 1.80 bits per heavy atom. The molecule has 2 amide bonds. The number of nitrogens with zero attached hydrogens (tertiary/aromatic N) is 1. The molecule has 1 saturated heterocycles. The standard InChI is InChI=1S/C22H27NO7/c1-14(19(25)28-5)11-16-12-17(20(26)29-13-15-9-7-6-8-10-15)23(18(16)24)21(27)30-22(2,3)4/h6-10,16-17H,1,11-13H2,2-5H3/t16-,17+/m1/s1. The molecule has 0 unspecified atom stereocenters. The molecule has 1 aromatic carbocycles. The van der Waals surface area contributed by atoms with Crippen LogP contribution in [-0.4, -0.2) is 47.6 Å². The molecule has 1 aliphatic heterocycles. The van der Waals surface area contributed by atoms with Gasteiger partial charge in [0.2, 0.25) is 5.91 Å². The first kappa shape index (κ1) is 23.1. The number of imide groups is 1. The Hall–Kier alpha value is -3.16. The zero-order valence-electron chi connectivity index (χ0n) is 17.7. The van der Waals surface area contributed by atoms with Crippen molar-refractivity contribution in [3.63, 3.8) is 0 Å². The van der Waals surface area contributed by atoms with Crippen molar-refractivity contribution in [2.45, 2.75) is 51.9 Å². The summed E-state index contributed by atoms with van der Waals surface area (Å²) < 4.78 is 15.3. The number of hydrogen-bond acceptors (Lipinski definition) is 7. The van der Waals surface area contributed by atoms with Crippen LogP contribution in [0.4, 0.5) is 4.79 Å². The predicted molar refractivity (Wildman–Crippen MR) is 107 cm³/mol. The molecular weight excluding hydrogens is 390 g/mol. The van der Waals surface area contributed by atoms with E-state index in [1.54, 1.807) is 32.9 Å². The molecule has 2 atom stereocenters. The molecule has 162 valence electrons. The Labute approximate surface area is 175 Å². The third-order valence-corrected chi connectivity index (χ3v) is 4.46. The lowest BCUT2D eigenvalue weighted by Gasteiger charge is -2.26. The number of methoxy groups -OCH3 is 1. The van der Waals surface area contributed by atoms with E-state index in [0.29, 0.717) is 0 Å². The number of rotatable bonds is 6. The Balaban J connectivity index is 2.18. The average molecular weight is 417 g/mol. The predicted octanol–water partition coefficient (Wildman–Crippen LogP) is 3.00. The van der Waals surface area contributed by atoms with Gasteiger partial charge in [0.1, 0.15) is 18.2 Å². The van der Waals surface area contributed by atoms with Gasteiger partial charge in [-0.3, -0.25) is 4.79 Å². The number of ether oxygens (including phenoxy) is 3. The molecule has 1 aromatic rings. The molecule has 0 saturated carbocycles. The van der Waals surface area contributed by atoms with Crippen LogP contribution in [0.5, 0.6) is 0 Å². The Bertz CT molecular complexity index is 826. The van der Waals surface area contributed by atoms with Gasteiger partial charge >= 0.3 is 18.0 Å². The van der Waals surface area contributed by atoms with Crippen LogP contribution in [0.3, 0.4) is 0 Å². The molecule has 8 nitrogen and oxygen atoms in total. The summed E-state index contributed by atoms with van der Waals surface area (Å²) in [5.41, 5.74) is -0.00304. The lowest BCUT2D eigenvalue weighted by molar-refractivity contribution is -0.152. The highest BCUT2D eigenvalue weighted by Crippen LogP contribution is 2.32. The topological polar surface area (TPSA) is 99.2 Å². The van der Waals surface area contributed by atoms with E-state index >= 15 is 0 Å². The van der Waals surface area contributed by atoms with Gasteiger partial charge in [0.15, 0.2) is 0 Å². The normalized spacial score (nSPS) is 18.7. The molecule has 1 fully saturated rings. The van der Waals surface area contributed by atoms with Crippen LogP contribution in [0.25, 0.3) is 0 Å². The summed E-state index contributed by atoms with van der Waals surface area (Å²) in [6.07, 6.45) is -0.963. The lowest BCUT2D eigenvalue weighted by Crippen LogP contribution is -2.46. The fraction of sp³-hybridized carbons (Fsp3) is 0.455. The van der Waals surface area contributed by atoms with Crippen LogP contribution in [0.15, 0.2) is 42.5 Å². The first-order chi connectivity index (χ1) is 14.0. The number of likely N-dealkylation sites (tertiary alicyclic amines) is 1. The van der Waals surface area contributed by atoms with Gasteiger partial charge in [-0.2, -0.15) is 0 Å². The summed E-state index contributed by atoms with van der Waals surface area (Å²) in [6, 6.07) is 7.90. The van der Waals surface area contributed by atoms with E-state index in [0.717, 1.165) is 10.5 Å². The monoisotopic (exact) mass is 417 g/mol. The Kier molecular flexibility index (Phi) is 7.37. The molecule has 8 heteroatoms. The number of esters is 2. The minimum atomic E-state index is -1.15. The maximum Gasteiger partial charge on any atom is 0.417 e. The van der Waals surface area contributed by atoms with Gasteiger partial charge < -0.3 is 14.2 Å². The van der Waals surface area contributed by atoms with Crippen molar-refractivity contribution < 1.29 is 33.4 Å². The van der Waals surface area contributed by atoms with E-state index in [-0.39, 0.29) is 25.0 Å². The van der Waals surface area contributed by atoms with Crippen LogP contribution in [0.2, 0.25) is 0 Å². The van der Waals surface area contributed by atoms with Crippen molar-refractivity contribution in [3.05, 3.63) is 48.0 Å². The third-order valence-electron chi connectivity index (χ3n) is 4.46. The summed E-state index contributed by atoms with van der Waals surface area (Å²) in [4.78, 5) is 50.7. The van der Waals surface area contributed by atoms with E-state index in [4.69, 9.17) is 9.47 Å². The minimum absolute atomic E-state index is 0.00170. The summed E-state index contributed by atoms with van der Waals surface area (Å²) in [7, 11) is 1.21. The molecule has 1 heterocycles. The van der Waals surface area contributed by atoms with E-state index in [1.165, 1.54) is 7.11 Å². The second-order valence-corrected chi connectivity index (χ2v) is 8.03. The third kappa shape index (κ3) is 5.92. The summed E-state index contributed by atoms with van der Waals surface area (Å²) in [6.45, 7) is 8.60. The first-order valence-corrected chi connectivity index (χ1v) is 9.56. The fourth-order valence-electron chi connectivity index (χ4n) is 3.08. The van der Waals surface area contributed by atoms with Crippen molar-refractivity contribution >= 4 is 23.9 Å². The molecule has 0 aromatic heterocycles. The van der Waals surface area contributed by atoms with Crippen molar-refractivity contribution in [1.82, 2.24) is 4.90 Å². The Morgan fingerprint density at radius 3 is 2.37 bits per heavy atom. The molecule has 30 heavy (non-hydrogen) atoms. The highest BCUT2D eigenvalue weighted by Gasteiger charge is 2.49. The largest absolute Gasteiger partial charge is 0.466 e. The Morgan fingerprint density at radius 1 is 1.17 bits per heavy atom. The lowest BCUT2D eigenvalue weighted by atomic mass is 9.97. The summed E-state index contributed by atoms with van der Waals surface area (Å²) >= 11 is 0. The number of carbonyl (C=O) groups is 4. The van der Waals surface area contributed by atoms with Crippen LogP contribution >= 0.6 is 0 Å². The second-order valence-electron chi connectivity index (χ2n) is 8.03. The van der Waals surface area contributed by atoms with Gasteiger partial charge in [-0.1, -0.05) is 36.9 Å². The average Bonchev–Trinajstić information content (AvgIpc) is 3.01. The van der Waals surface area contributed by atoms with Crippen molar-refractivity contribution in [3.8, 4) is 0 Å². The van der Waals surface area contributed by atoms with Gasteiger partial charge in [-0.25, -0.2) is 19.3 Å². The molecule has 0 bridgehead atoms. The van der Waals surface area contributed by atoms with E-state index in [9.17, 15) is 19.2 Å². The highest BCUT2D eigenvalue weighted by atomic mass is 16.6. The summed E-state index contributed by atoms with van der Waals surface area (Å²) in [5, 5.41) is 0. The SMILES string of the molecule is C=C(C[C@@H]1C[C@@H](C(=O)OCc2ccccc2)N(C(=O)OC(C)(C)C)C1=O)C(=O)OC. The second kappa shape index (κ2) is 9.56. The van der Waals surface area contributed by atoms with E-state index < -0.39 is 41.5 Å². The number of hydrogen-bond donors (Lipinski definition) is 0. The maximum atomic E-state index is 12.9. The molecule has 0 radical (unpaired) electrons. The minimum Gasteiger partial charge on any atom is -0.466 e. The van der Waals surface area contributed by atoms with E-state index in [2.05, 4.69) is 11.3 Å². The molecule has 2 rings (SSSR count). The molecule has 0 N–H and O–H groups in total. The van der Waals surface area contributed by atoms with Crippen LogP contribution in [0, 0.1) is 5.92 Å². The molecule has 1 aliphatic rings. The van der Waals surface area contributed by atoms with Crippen molar-refractivity contribution in [2.75, 3.05) is 7.11 Å². The van der Waals surface area contributed by atoms with E-state index in [1.807, 2.05) is 18.2 Å². The van der Waals surface area contributed by atoms with Gasteiger partial charge in [-0.15, -0.1) is 0 Å². The van der Waals surface area contributed by atoms with Gasteiger partial charge in [0.25, 0.3) is 0 Å². The zero-order valence-corrected chi connectivity index (χ0v) is 17.7. The molecular formula is C22H27NO7. The number of amides is 2. The van der Waals surface area contributed by atoms with Gasteiger partial charge in [0.05, 0.1) is 7.11 Å². The molecule has 0 aliphatic carbocycles.